The van der Waals surface area contributed by atoms with Gasteiger partial charge >= 0.3 is 0 Å². The predicted octanol–water partition coefficient (Wildman–Crippen LogP) is 3.35. The van der Waals surface area contributed by atoms with E-state index < -0.39 is 0 Å². The van der Waals surface area contributed by atoms with Gasteiger partial charge in [0.15, 0.2) is 5.96 Å². The van der Waals surface area contributed by atoms with Crippen LogP contribution >= 0.6 is 24.0 Å². The lowest BCUT2D eigenvalue weighted by molar-refractivity contribution is 0.239. The number of hydrogen-bond acceptors (Lipinski definition) is 4. The van der Waals surface area contributed by atoms with E-state index in [4.69, 9.17) is 9.73 Å². The Balaban J connectivity index is 0.00000320. The maximum atomic E-state index is 5.67. The maximum absolute atomic E-state index is 5.67. The summed E-state index contributed by atoms with van der Waals surface area (Å²) in [6, 6.07) is 9.23. The van der Waals surface area contributed by atoms with Gasteiger partial charge in [-0.1, -0.05) is 18.2 Å². The van der Waals surface area contributed by atoms with Gasteiger partial charge in [0.1, 0.15) is 5.75 Å². The number of rotatable bonds is 10. The Hall–Kier alpha value is -1.06. The second-order valence-electron chi connectivity index (χ2n) is 8.47. The molecule has 0 bridgehead atoms. The summed E-state index contributed by atoms with van der Waals surface area (Å²) in [5.74, 6) is 2.69. The van der Waals surface area contributed by atoms with Crippen molar-refractivity contribution in [3.8, 4) is 5.75 Å². The van der Waals surface area contributed by atoms with Crippen LogP contribution in [-0.4, -0.2) is 75.7 Å². The monoisotopic (exact) mass is 529 g/mol. The minimum atomic E-state index is 0. The number of benzene rings is 1. The summed E-state index contributed by atoms with van der Waals surface area (Å²) in [4.78, 5) is 9.83. The highest BCUT2D eigenvalue weighted by Crippen LogP contribution is 2.34. The number of likely N-dealkylation sites (N-methyl/N-ethyl adjacent to an activating group) is 1. The number of ether oxygens (including phenoxy) is 1. The Morgan fingerprint density at radius 1 is 1.20 bits per heavy atom. The van der Waals surface area contributed by atoms with Crippen LogP contribution in [0.2, 0.25) is 0 Å². The van der Waals surface area contributed by atoms with Crippen LogP contribution in [-0.2, 0) is 0 Å². The SMILES string of the molecule is CCNC(=NCC(C1CC1)N(C)C)NCC(c1ccccc1OC)N1CCCC1.I. The third-order valence-electron chi connectivity index (χ3n) is 6.15. The van der Waals surface area contributed by atoms with Gasteiger partial charge < -0.3 is 20.3 Å². The molecule has 6 nitrogen and oxygen atoms in total. The van der Waals surface area contributed by atoms with Crippen molar-refractivity contribution < 1.29 is 4.74 Å². The summed E-state index contributed by atoms with van der Waals surface area (Å²) in [6.45, 7) is 6.94. The summed E-state index contributed by atoms with van der Waals surface area (Å²) < 4.78 is 5.67. The Morgan fingerprint density at radius 2 is 1.90 bits per heavy atom. The molecule has 3 rings (SSSR count). The predicted molar refractivity (Wildman–Crippen MR) is 136 cm³/mol. The van der Waals surface area contributed by atoms with Crippen molar-refractivity contribution in [3.63, 3.8) is 0 Å². The van der Waals surface area contributed by atoms with Gasteiger partial charge in [-0.25, -0.2) is 0 Å². The molecule has 1 heterocycles. The average Bonchev–Trinajstić information content (AvgIpc) is 3.41. The zero-order valence-electron chi connectivity index (χ0n) is 19.1. The topological polar surface area (TPSA) is 52.1 Å². The minimum Gasteiger partial charge on any atom is -0.496 e. The van der Waals surface area contributed by atoms with Gasteiger partial charge in [-0.2, -0.15) is 0 Å². The van der Waals surface area contributed by atoms with Gasteiger partial charge in [-0.15, -0.1) is 24.0 Å². The molecule has 2 unspecified atom stereocenters. The zero-order chi connectivity index (χ0) is 20.6. The van der Waals surface area contributed by atoms with Crippen LogP contribution < -0.4 is 15.4 Å². The van der Waals surface area contributed by atoms with Crippen molar-refractivity contribution in [1.82, 2.24) is 20.4 Å². The van der Waals surface area contributed by atoms with E-state index in [1.807, 2.05) is 6.07 Å². The molecule has 2 fully saturated rings. The summed E-state index contributed by atoms with van der Waals surface area (Å²) in [5.41, 5.74) is 1.25. The number of halogens is 1. The molecule has 0 radical (unpaired) electrons. The molecule has 1 saturated heterocycles. The molecule has 0 amide bonds. The second-order valence-corrected chi connectivity index (χ2v) is 8.47. The molecule has 1 saturated carbocycles. The van der Waals surface area contributed by atoms with E-state index in [-0.39, 0.29) is 30.0 Å². The quantitative estimate of drug-likeness (QED) is 0.277. The highest BCUT2D eigenvalue weighted by Gasteiger charge is 2.32. The van der Waals surface area contributed by atoms with Crippen LogP contribution in [0.1, 0.15) is 44.2 Å². The molecule has 0 aromatic heterocycles. The number of nitrogens with zero attached hydrogens (tertiary/aromatic N) is 3. The first-order valence-corrected chi connectivity index (χ1v) is 11.2. The number of guanidine groups is 1. The molecule has 1 aliphatic heterocycles. The van der Waals surface area contributed by atoms with E-state index in [9.17, 15) is 0 Å². The number of likely N-dealkylation sites (tertiary alicyclic amines) is 1. The Morgan fingerprint density at radius 3 is 2.50 bits per heavy atom. The van der Waals surface area contributed by atoms with Gasteiger partial charge in [0.25, 0.3) is 0 Å². The third kappa shape index (κ3) is 6.99. The lowest BCUT2D eigenvalue weighted by atomic mass is 10.0. The van der Waals surface area contributed by atoms with Crippen molar-refractivity contribution in [2.75, 3.05) is 53.9 Å². The van der Waals surface area contributed by atoms with Crippen LogP contribution in [0, 0.1) is 5.92 Å². The van der Waals surface area contributed by atoms with Gasteiger partial charge in [0, 0.05) is 24.7 Å². The molecule has 2 atom stereocenters. The van der Waals surface area contributed by atoms with E-state index in [0.29, 0.717) is 6.04 Å². The second kappa shape index (κ2) is 12.7. The van der Waals surface area contributed by atoms with E-state index in [0.717, 1.165) is 50.4 Å². The molecule has 2 aliphatic rings. The molecule has 2 N–H and O–H groups in total. The molecule has 1 aliphatic carbocycles. The Kier molecular flexibility index (Phi) is 10.7. The lowest BCUT2D eigenvalue weighted by Gasteiger charge is -2.30. The van der Waals surface area contributed by atoms with Crippen molar-refractivity contribution >= 4 is 29.9 Å². The maximum Gasteiger partial charge on any atom is 0.191 e. The standard InChI is InChI=1S/C23H39N5O.HI/c1-5-24-23(25-16-20(27(2)3)18-12-13-18)26-17-21(28-14-8-9-15-28)19-10-6-7-11-22(19)29-4;/h6-7,10-11,18,20-21H,5,8-9,12-17H2,1-4H3,(H2,24,25,26);1H. The number of methoxy groups -OCH3 is 1. The van der Waals surface area contributed by atoms with Crippen molar-refractivity contribution in [2.45, 2.75) is 44.7 Å². The van der Waals surface area contributed by atoms with Gasteiger partial charge in [0.05, 0.1) is 19.7 Å². The first-order chi connectivity index (χ1) is 14.1. The first-order valence-electron chi connectivity index (χ1n) is 11.2. The fourth-order valence-electron chi connectivity index (χ4n) is 4.37. The summed E-state index contributed by atoms with van der Waals surface area (Å²) in [5, 5.41) is 7.06. The fourth-order valence-corrected chi connectivity index (χ4v) is 4.37. The molecular formula is C23H40IN5O. The highest BCUT2D eigenvalue weighted by molar-refractivity contribution is 14.0. The van der Waals surface area contributed by atoms with Crippen molar-refractivity contribution in [2.24, 2.45) is 10.9 Å². The van der Waals surface area contributed by atoms with E-state index in [1.54, 1.807) is 7.11 Å². The summed E-state index contributed by atoms with van der Waals surface area (Å²) in [7, 11) is 6.10. The van der Waals surface area contributed by atoms with Crippen molar-refractivity contribution in [1.29, 1.82) is 0 Å². The fraction of sp³-hybridized carbons (Fsp3) is 0.696. The Labute approximate surface area is 199 Å². The molecule has 30 heavy (non-hydrogen) atoms. The molecular weight excluding hydrogens is 489 g/mol. The third-order valence-corrected chi connectivity index (χ3v) is 6.15. The number of para-hydroxylation sites is 1. The van der Waals surface area contributed by atoms with Crippen LogP contribution in [0.15, 0.2) is 29.3 Å². The summed E-state index contributed by atoms with van der Waals surface area (Å²) >= 11 is 0. The van der Waals surface area contributed by atoms with E-state index >= 15 is 0 Å². The van der Waals surface area contributed by atoms with Crippen LogP contribution in [0.3, 0.4) is 0 Å². The van der Waals surface area contributed by atoms with E-state index in [1.165, 1.54) is 31.2 Å². The van der Waals surface area contributed by atoms with Crippen LogP contribution in [0.25, 0.3) is 0 Å². The number of nitrogens with one attached hydrogen (secondary N) is 2. The van der Waals surface area contributed by atoms with Gasteiger partial charge in [0.2, 0.25) is 0 Å². The zero-order valence-corrected chi connectivity index (χ0v) is 21.4. The lowest BCUT2D eigenvalue weighted by Crippen LogP contribution is -2.43. The van der Waals surface area contributed by atoms with E-state index in [2.05, 4.69) is 59.7 Å². The number of aliphatic imine (C=N–C) groups is 1. The molecule has 1 aromatic carbocycles. The normalized spacial score (nSPS) is 19.3. The highest BCUT2D eigenvalue weighted by atomic mass is 127. The Bertz CT molecular complexity index is 657. The minimum absolute atomic E-state index is 0. The largest absolute Gasteiger partial charge is 0.496 e. The van der Waals surface area contributed by atoms with Gasteiger partial charge in [-0.05, 0) is 71.8 Å². The smallest absolute Gasteiger partial charge is 0.191 e. The van der Waals surface area contributed by atoms with Crippen molar-refractivity contribution in [3.05, 3.63) is 29.8 Å². The summed E-state index contributed by atoms with van der Waals surface area (Å²) in [6.07, 6.45) is 5.22. The first kappa shape index (κ1) is 25.2. The number of hydrogen-bond donors (Lipinski definition) is 2. The molecule has 170 valence electrons. The average molecular weight is 530 g/mol. The van der Waals surface area contributed by atoms with Crippen LogP contribution in [0.4, 0.5) is 0 Å². The van der Waals surface area contributed by atoms with Crippen LogP contribution in [0.5, 0.6) is 5.75 Å². The molecule has 0 spiro atoms. The molecule has 7 heteroatoms. The van der Waals surface area contributed by atoms with Gasteiger partial charge in [-0.3, -0.25) is 9.89 Å². The molecule has 1 aromatic rings.